The number of hydrogen-bond acceptors (Lipinski definition) is 6. The van der Waals surface area contributed by atoms with Gasteiger partial charge >= 0.3 is 0 Å². The maximum Gasteiger partial charge on any atom is 0.184 e. The number of nitro groups is 1. The third-order valence-corrected chi connectivity index (χ3v) is 3.51. The van der Waals surface area contributed by atoms with Gasteiger partial charge in [-0.15, -0.1) is 16.7 Å². The molecule has 6 nitrogen and oxygen atoms in total. The zero-order valence-corrected chi connectivity index (χ0v) is 13.0. The zero-order chi connectivity index (χ0) is 15.8. The summed E-state index contributed by atoms with van der Waals surface area (Å²) in [6, 6.07) is 5.06. The van der Waals surface area contributed by atoms with Crippen LogP contribution in [0, 0.1) is 16.7 Å². The summed E-state index contributed by atoms with van der Waals surface area (Å²) in [5, 5.41) is 9.84. The van der Waals surface area contributed by atoms with Crippen molar-refractivity contribution in [2.45, 2.75) is 25.5 Å². The molecule has 0 aliphatic rings. The monoisotopic (exact) mass is 312 g/mol. The highest BCUT2D eigenvalue weighted by atomic mass is 32.2. The van der Waals surface area contributed by atoms with Gasteiger partial charge in [-0.3, -0.25) is 14.9 Å². The molecule has 1 rings (SSSR count). The lowest BCUT2D eigenvalue weighted by molar-refractivity contribution is -0.437. The summed E-state index contributed by atoms with van der Waals surface area (Å²) in [7, 11) is 1.50. The van der Waals surface area contributed by atoms with Crippen molar-refractivity contribution in [3.05, 3.63) is 40.4 Å². The van der Waals surface area contributed by atoms with Gasteiger partial charge < -0.3 is 9.47 Å². The maximum atomic E-state index is 11.2. The Balaban J connectivity index is 3.02. The van der Waals surface area contributed by atoms with Gasteiger partial charge in [-0.25, -0.2) is 0 Å². The molecule has 1 atom stereocenters. The van der Waals surface area contributed by atoms with Gasteiger partial charge in [0.15, 0.2) is 16.6 Å². The fourth-order valence-electron chi connectivity index (χ4n) is 1.67. The van der Waals surface area contributed by atoms with Gasteiger partial charge in [-0.2, -0.15) is 0 Å². The lowest BCUT2D eigenvalue weighted by atomic mass is 10.1. The molecule has 21 heavy (non-hydrogen) atoms. The van der Waals surface area contributed by atoms with Crippen molar-refractivity contribution in [1.29, 1.82) is 0 Å². The molecule has 1 aromatic rings. The minimum absolute atomic E-state index is 0.191. The second-order valence-corrected chi connectivity index (χ2v) is 5.54. The molecule has 0 amide bonds. The lowest BCUT2D eigenvalue weighted by Crippen LogP contribution is -2.06. The van der Waals surface area contributed by atoms with Crippen molar-refractivity contribution < 1.29 is 19.2 Å². The normalized spacial score (nSPS) is 11.6. The number of nitrogens with zero attached hydrogens (tertiary/aromatic N) is 1. The van der Waals surface area contributed by atoms with Crippen molar-refractivity contribution in [3.8, 4) is 11.5 Å². The van der Waals surface area contributed by atoms with Crippen molar-refractivity contribution in [3.63, 3.8) is 0 Å². The Kier molecular flexibility index (Phi) is 6.87. The number of carbonyl (C=O) groups is 1. The topological polar surface area (TPSA) is 78.7 Å². The second kappa shape index (κ2) is 8.41. The number of carbonyl (C=O) groups excluding carboxylic acids is 1. The van der Waals surface area contributed by atoms with E-state index in [9.17, 15) is 14.9 Å². The standard InChI is InChI=1S/C14H18NO5S/c1-4-7-20-12-6-5-11(8-13(12)19-3)14(9-15(17)18)21-10(2)16/h5-6,8-9,14H,4,7H2,1-3H3/q-1. The van der Waals surface area contributed by atoms with E-state index in [1.807, 2.05) is 6.92 Å². The first-order chi connectivity index (χ1) is 9.97. The maximum absolute atomic E-state index is 11.2. The lowest BCUT2D eigenvalue weighted by Gasteiger charge is -2.20. The highest BCUT2D eigenvalue weighted by Gasteiger charge is 2.15. The van der Waals surface area contributed by atoms with Crippen molar-refractivity contribution in [1.82, 2.24) is 0 Å². The fourth-order valence-corrected chi connectivity index (χ4v) is 2.47. The second-order valence-electron chi connectivity index (χ2n) is 4.22. The molecule has 0 N–H and O–H groups in total. The van der Waals surface area contributed by atoms with E-state index < -0.39 is 10.2 Å². The Morgan fingerprint density at radius 3 is 2.71 bits per heavy atom. The number of benzene rings is 1. The molecule has 1 unspecified atom stereocenters. The Morgan fingerprint density at radius 1 is 1.48 bits per heavy atom. The third kappa shape index (κ3) is 5.55. The molecule has 0 saturated carbocycles. The molecule has 0 spiro atoms. The average Bonchev–Trinajstić information content (AvgIpc) is 2.43. The summed E-state index contributed by atoms with van der Waals surface area (Å²) in [6.45, 7) is 4.82. The Hall–Kier alpha value is -1.89. The first-order valence-electron chi connectivity index (χ1n) is 6.44. The van der Waals surface area contributed by atoms with Gasteiger partial charge in [0.05, 0.1) is 13.7 Å². The van der Waals surface area contributed by atoms with Gasteiger partial charge in [0.1, 0.15) is 0 Å². The van der Waals surface area contributed by atoms with E-state index in [1.165, 1.54) is 14.0 Å². The molecule has 0 fully saturated rings. The van der Waals surface area contributed by atoms with Crippen LogP contribution in [0.4, 0.5) is 0 Å². The van der Waals surface area contributed by atoms with Gasteiger partial charge in [0.25, 0.3) is 0 Å². The molecule has 0 radical (unpaired) electrons. The van der Waals surface area contributed by atoms with Crippen molar-refractivity contribution in [2.24, 2.45) is 0 Å². The zero-order valence-electron chi connectivity index (χ0n) is 12.2. The number of rotatable bonds is 8. The predicted molar refractivity (Wildman–Crippen MR) is 81.1 cm³/mol. The number of hydrogen-bond donors (Lipinski definition) is 0. The summed E-state index contributed by atoms with van der Waals surface area (Å²) in [4.78, 5) is 21.4. The summed E-state index contributed by atoms with van der Waals surface area (Å²) in [6.07, 6.45) is 0.864. The van der Waals surface area contributed by atoms with E-state index in [-0.39, 0.29) is 5.12 Å². The summed E-state index contributed by atoms with van der Waals surface area (Å²) >= 11 is 0.891. The molecule has 0 aromatic heterocycles. The van der Waals surface area contributed by atoms with Crippen molar-refractivity contribution >= 4 is 16.9 Å². The van der Waals surface area contributed by atoms with Gasteiger partial charge in [0.2, 0.25) is 0 Å². The van der Waals surface area contributed by atoms with Gasteiger partial charge in [-0.05, 0) is 30.3 Å². The van der Waals surface area contributed by atoms with E-state index >= 15 is 0 Å². The molecule has 0 saturated heterocycles. The van der Waals surface area contributed by atoms with Crippen LogP contribution in [-0.2, 0) is 4.79 Å². The molecular formula is C14H18NO5S-. The molecule has 116 valence electrons. The molecule has 0 aliphatic carbocycles. The van der Waals surface area contributed by atoms with Crippen LogP contribution >= 0.6 is 11.8 Å². The highest BCUT2D eigenvalue weighted by molar-refractivity contribution is 8.13. The summed E-state index contributed by atoms with van der Waals surface area (Å²) in [5.41, 5.74) is 0.618. The summed E-state index contributed by atoms with van der Waals surface area (Å²) < 4.78 is 10.8. The average molecular weight is 312 g/mol. The SMILES string of the molecule is CCCOc1ccc(C([CH-][N+](=O)[O-])SC(C)=O)cc1OC. The van der Waals surface area contributed by atoms with E-state index in [0.29, 0.717) is 23.7 Å². The molecule has 0 bridgehead atoms. The van der Waals surface area contributed by atoms with Gasteiger partial charge in [0, 0.05) is 6.92 Å². The first kappa shape index (κ1) is 17.2. The van der Waals surface area contributed by atoms with Gasteiger partial charge in [-0.1, -0.05) is 18.6 Å². The van der Waals surface area contributed by atoms with Crippen LogP contribution in [-0.4, -0.2) is 23.8 Å². The minimum Gasteiger partial charge on any atom is -0.493 e. The molecule has 7 heteroatoms. The van der Waals surface area contributed by atoms with E-state index in [4.69, 9.17) is 9.47 Å². The number of thioether (sulfide) groups is 1. The quantitative estimate of drug-likeness (QED) is 0.416. The van der Waals surface area contributed by atoms with E-state index in [2.05, 4.69) is 0 Å². The van der Waals surface area contributed by atoms with Crippen LogP contribution in [0.15, 0.2) is 18.2 Å². The predicted octanol–water partition coefficient (Wildman–Crippen LogP) is 3.24. The molecule has 0 aliphatic heterocycles. The largest absolute Gasteiger partial charge is 0.493 e. The van der Waals surface area contributed by atoms with Crippen LogP contribution in [0.3, 0.4) is 0 Å². The Morgan fingerprint density at radius 2 is 2.19 bits per heavy atom. The van der Waals surface area contributed by atoms with Crippen LogP contribution in [0.5, 0.6) is 11.5 Å². The smallest absolute Gasteiger partial charge is 0.184 e. The molecule has 0 heterocycles. The number of ether oxygens (including phenoxy) is 2. The highest BCUT2D eigenvalue weighted by Crippen LogP contribution is 2.37. The first-order valence-corrected chi connectivity index (χ1v) is 7.32. The van der Waals surface area contributed by atoms with Crippen LogP contribution in [0.25, 0.3) is 0 Å². The van der Waals surface area contributed by atoms with Crippen LogP contribution in [0.2, 0.25) is 0 Å². The van der Waals surface area contributed by atoms with E-state index in [0.717, 1.165) is 24.7 Å². The minimum atomic E-state index is -0.661. The molecular weight excluding hydrogens is 294 g/mol. The number of methoxy groups -OCH3 is 1. The molecule has 1 aromatic carbocycles. The summed E-state index contributed by atoms with van der Waals surface area (Å²) in [5.74, 6) is 1.07. The third-order valence-electron chi connectivity index (χ3n) is 2.53. The van der Waals surface area contributed by atoms with Crippen LogP contribution in [0.1, 0.15) is 31.1 Å². The Bertz CT molecular complexity index is 490. The van der Waals surface area contributed by atoms with Crippen molar-refractivity contribution in [2.75, 3.05) is 13.7 Å². The fraction of sp³-hybridized carbons (Fsp3) is 0.429. The van der Waals surface area contributed by atoms with Crippen LogP contribution < -0.4 is 9.47 Å². The Labute approximate surface area is 128 Å². The van der Waals surface area contributed by atoms with E-state index in [1.54, 1.807) is 18.2 Å².